The maximum Gasteiger partial charge on any atom is 0.0413 e. The fourth-order valence-corrected chi connectivity index (χ4v) is 3.48. The fraction of sp³-hybridized carbons (Fsp3) is 0.375. The molecule has 19 heavy (non-hydrogen) atoms. The zero-order valence-electron chi connectivity index (χ0n) is 11.5. The van der Waals surface area contributed by atoms with E-state index in [0.717, 1.165) is 19.5 Å². The number of rotatable bonds is 4. The lowest BCUT2D eigenvalue weighted by Gasteiger charge is -2.24. The van der Waals surface area contributed by atoms with Gasteiger partial charge in [-0.15, -0.1) is 11.3 Å². The summed E-state index contributed by atoms with van der Waals surface area (Å²) < 4.78 is 0. The summed E-state index contributed by atoms with van der Waals surface area (Å²) >= 11 is 1.84. The van der Waals surface area contributed by atoms with E-state index < -0.39 is 0 Å². The van der Waals surface area contributed by atoms with Gasteiger partial charge in [0.15, 0.2) is 0 Å². The van der Waals surface area contributed by atoms with E-state index in [1.807, 2.05) is 11.3 Å². The highest BCUT2D eigenvalue weighted by atomic mass is 32.1. The van der Waals surface area contributed by atoms with E-state index in [9.17, 15) is 0 Å². The normalized spacial score (nSPS) is 15.3. The molecule has 1 aromatic heterocycles. The number of fused-ring (bicyclic) bond motifs is 1. The lowest BCUT2D eigenvalue weighted by molar-refractivity contribution is 0.256. The van der Waals surface area contributed by atoms with Crippen LogP contribution in [0.15, 0.2) is 35.7 Å². The van der Waals surface area contributed by atoms with E-state index in [-0.39, 0.29) is 0 Å². The molecule has 2 aromatic rings. The van der Waals surface area contributed by atoms with E-state index in [0.29, 0.717) is 6.04 Å². The maximum atomic E-state index is 3.41. The number of nitrogens with one attached hydrogen (secondary N) is 1. The predicted molar refractivity (Wildman–Crippen MR) is 82.8 cm³/mol. The Kier molecular flexibility index (Phi) is 3.58. The molecule has 1 N–H and O–H groups in total. The van der Waals surface area contributed by atoms with Gasteiger partial charge < -0.3 is 5.32 Å². The second kappa shape index (κ2) is 5.35. The lowest BCUT2D eigenvalue weighted by atomic mass is 10.1. The van der Waals surface area contributed by atoms with Crippen molar-refractivity contribution in [3.63, 3.8) is 0 Å². The molecular weight excluding hydrogens is 252 g/mol. The molecule has 100 valence electrons. The minimum absolute atomic E-state index is 0.478. The number of anilines is 1. The summed E-state index contributed by atoms with van der Waals surface area (Å²) in [6.07, 6.45) is 1.16. The average Bonchev–Trinajstić information content (AvgIpc) is 3.08. The van der Waals surface area contributed by atoms with Crippen LogP contribution in [0.2, 0.25) is 0 Å². The summed E-state index contributed by atoms with van der Waals surface area (Å²) in [5.41, 5.74) is 4.20. The Labute approximate surface area is 119 Å². The van der Waals surface area contributed by atoms with Gasteiger partial charge in [-0.05, 0) is 49.0 Å². The summed E-state index contributed by atoms with van der Waals surface area (Å²) in [5.74, 6) is 0. The average molecular weight is 272 g/mol. The maximum absolute atomic E-state index is 3.41. The topological polar surface area (TPSA) is 15.3 Å². The Morgan fingerprint density at radius 2 is 2.26 bits per heavy atom. The van der Waals surface area contributed by atoms with Crippen molar-refractivity contribution < 1.29 is 0 Å². The molecule has 0 saturated carbocycles. The van der Waals surface area contributed by atoms with E-state index in [4.69, 9.17) is 0 Å². The first-order valence-electron chi connectivity index (χ1n) is 6.83. The van der Waals surface area contributed by atoms with Gasteiger partial charge in [-0.3, -0.25) is 4.90 Å². The van der Waals surface area contributed by atoms with Crippen LogP contribution in [0.4, 0.5) is 5.69 Å². The molecule has 0 bridgehead atoms. The van der Waals surface area contributed by atoms with Crippen molar-refractivity contribution in [2.45, 2.75) is 25.9 Å². The Morgan fingerprint density at radius 3 is 3.05 bits per heavy atom. The second-order valence-electron chi connectivity index (χ2n) is 5.27. The van der Waals surface area contributed by atoms with E-state index >= 15 is 0 Å². The molecule has 2 heterocycles. The summed E-state index contributed by atoms with van der Waals surface area (Å²) in [7, 11) is 2.20. The first kappa shape index (κ1) is 12.7. The Bertz CT molecular complexity index is 548. The van der Waals surface area contributed by atoms with Gasteiger partial charge in [0.2, 0.25) is 0 Å². The monoisotopic (exact) mass is 272 g/mol. The third-order valence-corrected chi connectivity index (χ3v) is 4.97. The number of benzene rings is 1. The van der Waals surface area contributed by atoms with Crippen LogP contribution in [0.1, 0.15) is 29.0 Å². The third kappa shape index (κ3) is 2.67. The minimum Gasteiger partial charge on any atom is -0.384 e. The number of hydrogen-bond donors (Lipinski definition) is 1. The van der Waals surface area contributed by atoms with Crippen LogP contribution >= 0.6 is 11.3 Å². The van der Waals surface area contributed by atoms with Gasteiger partial charge in [0.05, 0.1) is 0 Å². The zero-order valence-corrected chi connectivity index (χ0v) is 12.3. The molecule has 1 aliphatic heterocycles. The summed E-state index contributed by atoms with van der Waals surface area (Å²) in [5, 5.41) is 5.57. The molecule has 0 radical (unpaired) electrons. The van der Waals surface area contributed by atoms with E-state index in [2.05, 4.69) is 59.9 Å². The number of hydrogen-bond acceptors (Lipinski definition) is 3. The summed E-state index contributed by atoms with van der Waals surface area (Å²) in [6, 6.07) is 11.7. The van der Waals surface area contributed by atoms with Crippen molar-refractivity contribution >= 4 is 17.0 Å². The van der Waals surface area contributed by atoms with Crippen LogP contribution in [0, 0.1) is 0 Å². The molecule has 1 aliphatic rings. The molecule has 0 spiro atoms. The van der Waals surface area contributed by atoms with Crippen LogP contribution in [0.5, 0.6) is 0 Å². The highest BCUT2D eigenvalue weighted by Gasteiger charge is 2.14. The van der Waals surface area contributed by atoms with Crippen molar-refractivity contribution in [1.82, 2.24) is 4.90 Å². The zero-order chi connectivity index (χ0) is 13.2. The van der Waals surface area contributed by atoms with Crippen molar-refractivity contribution in [3.05, 3.63) is 51.7 Å². The van der Waals surface area contributed by atoms with Gasteiger partial charge >= 0.3 is 0 Å². The van der Waals surface area contributed by atoms with Gasteiger partial charge in [-0.25, -0.2) is 0 Å². The van der Waals surface area contributed by atoms with Crippen LogP contribution < -0.4 is 5.32 Å². The van der Waals surface area contributed by atoms with Gasteiger partial charge in [0, 0.05) is 29.7 Å². The van der Waals surface area contributed by atoms with Gasteiger partial charge in [-0.1, -0.05) is 18.2 Å². The first-order valence-corrected chi connectivity index (χ1v) is 7.71. The van der Waals surface area contributed by atoms with Gasteiger partial charge in [0.1, 0.15) is 0 Å². The molecule has 1 unspecified atom stereocenters. The largest absolute Gasteiger partial charge is 0.384 e. The second-order valence-corrected chi connectivity index (χ2v) is 6.25. The smallest absolute Gasteiger partial charge is 0.0413 e. The van der Waals surface area contributed by atoms with Crippen molar-refractivity contribution in [3.8, 4) is 0 Å². The quantitative estimate of drug-likeness (QED) is 0.908. The minimum atomic E-state index is 0.478. The van der Waals surface area contributed by atoms with E-state index in [1.54, 1.807) is 0 Å². The molecule has 0 fully saturated rings. The molecule has 0 amide bonds. The molecule has 3 heteroatoms. The molecule has 3 rings (SSSR count). The van der Waals surface area contributed by atoms with Gasteiger partial charge in [0.25, 0.3) is 0 Å². The number of nitrogens with zero attached hydrogens (tertiary/aromatic N) is 1. The predicted octanol–water partition coefficient (Wildman–Crippen LogP) is 3.91. The van der Waals surface area contributed by atoms with Crippen LogP contribution in [-0.2, 0) is 13.0 Å². The van der Waals surface area contributed by atoms with Crippen molar-refractivity contribution in [1.29, 1.82) is 0 Å². The molecule has 0 saturated heterocycles. The summed E-state index contributed by atoms with van der Waals surface area (Å²) in [6.45, 7) is 4.37. The standard InChI is InChI=1S/C16H20N2S/c1-12(16-4-3-9-19-16)18(2)11-13-5-6-15-14(10-13)7-8-17-15/h3-6,9-10,12,17H,7-8,11H2,1-2H3. The third-order valence-electron chi connectivity index (χ3n) is 3.93. The highest BCUT2D eigenvalue weighted by molar-refractivity contribution is 7.10. The fourth-order valence-electron chi connectivity index (χ4n) is 2.63. The van der Waals surface area contributed by atoms with Crippen LogP contribution in [-0.4, -0.2) is 18.5 Å². The van der Waals surface area contributed by atoms with Gasteiger partial charge in [-0.2, -0.15) is 0 Å². The Morgan fingerprint density at radius 1 is 1.37 bits per heavy atom. The molecular formula is C16H20N2S. The molecule has 2 nitrogen and oxygen atoms in total. The lowest BCUT2D eigenvalue weighted by Crippen LogP contribution is -2.21. The van der Waals surface area contributed by atoms with Crippen molar-refractivity contribution in [2.75, 3.05) is 18.9 Å². The highest BCUT2D eigenvalue weighted by Crippen LogP contribution is 2.27. The summed E-state index contributed by atoms with van der Waals surface area (Å²) in [4.78, 5) is 3.85. The Hall–Kier alpha value is -1.32. The molecule has 1 aromatic carbocycles. The molecule has 1 atom stereocenters. The SMILES string of the molecule is CC(c1cccs1)N(C)Cc1ccc2c(c1)CCN2. The van der Waals surface area contributed by atoms with E-state index in [1.165, 1.54) is 21.7 Å². The van der Waals surface area contributed by atoms with Crippen molar-refractivity contribution in [2.24, 2.45) is 0 Å². The number of thiophene rings is 1. The van der Waals surface area contributed by atoms with Crippen LogP contribution in [0.25, 0.3) is 0 Å². The Balaban J connectivity index is 1.71. The first-order chi connectivity index (χ1) is 9.24. The van der Waals surface area contributed by atoms with Crippen LogP contribution in [0.3, 0.4) is 0 Å². The molecule has 0 aliphatic carbocycles.